The molecule has 2 heterocycles. The van der Waals surface area contributed by atoms with Crippen LogP contribution in [0.3, 0.4) is 0 Å². The summed E-state index contributed by atoms with van der Waals surface area (Å²) in [7, 11) is 3.26. The van der Waals surface area contributed by atoms with E-state index < -0.39 is 0 Å². The van der Waals surface area contributed by atoms with E-state index in [1.54, 1.807) is 26.0 Å². The molecule has 0 fully saturated rings. The van der Waals surface area contributed by atoms with Crippen molar-refractivity contribution in [3.05, 3.63) is 59.4 Å². The number of benzene rings is 2. The molecule has 5 nitrogen and oxygen atoms in total. The summed E-state index contributed by atoms with van der Waals surface area (Å²) >= 11 is 7.85. The van der Waals surface area contributed by atoms with E-state index in [9.17, 15) is 0 Å². The maximum absolute atomic E-state index is 6.12. The van der Waals surface area contributed by atoms with Crippen LogP contribution in [0.5, 0.6) is 11.5 Å². The molecule has 0 aliphatic carbocycles. The topological polar surface area (TPSA) is 62.9 Å². The lowest BCUT2D eigenvalue weighted by atomic mass is 10.1. The van der Waals surface area contributed by atoms with Crippen LogP contribution in [0.25, 0.3) is 22.2 Å². The van der Waals surface area contributed by atoms with E-state index >= 15 is 0 Å². The number of rotatable bonds is 6. The highest BCUT2D eigenvalue weighted by molar-refractivity contribution is 7.98. The van der Waals surface area contributed by atoms with Crippen molar-refractivity contribution in [2.45, 2.75) is 10.6 Å². The number of nitrogens with one attached hydrogen (secondary N) is 2. The standard InChI is InChI=1S/C20H18ClN3O2S/c1-25-18-6-3-12(7-19(18)26-2)17-9-14(23-24-17)11-27-20-10-22-16-5-4-13(21)8-15(16)20/h3-10,22H,11H2,1-2H3,(H,23,24). The largest absolute Gasteiger partial charge is 0.493 e. The third kappa shape index (κ3) is 3.63. The van der Waals surface area contributed by atoms with Crippen LogP contribution in [0.1, 0.15) is 5.69 Å². The van der Waals surface area contributed by atoms with E-state index in [1.165, 1.54) is 0 Å². The second-order valence-corrected chi connectivity index (χ2v) is 7.43. The van der Waals surface area contributed by atoms with Crippen LogP contribution in [0.15, 0.2) is 53.6 Å². The van der Waals surface area contributed by atoms with Gasteiger partial charge in [-0.2, -0.15) is 5.10 Å². The van der Waals surface area contributed by atoms with E-state index in [4.69, 9.17) is 21.1 Å². The second-order valence-electron chi connectivity index (χ2n) is 5.97. The van der Waals surface area contributed by atoms with Gasteiger partial charge in [0.1, 0.15) is 0 Å². The molecule has 0 aliphatic rings. The highest BCUT2D eigenvalue weighted by atomic mass is 35.5. The quantitative estimate of drug-likeness (QED) is 0.419. The molecule has 0 amide bonds. The molecule has 2 aromatic carbocycles. The molecule has 0 spiro atoms. The normalized spacial score (nSPS) is 11.1. The van der Waals surface area contributed by atoms with E-state index in [2.05, 4.69) is 21.2 Å². The number of H-pyrrole nitrogens is 2. The molecule has 0 aliphatic heterocycles. The zero-order valence-corrected chi connectivity index (χ0v) is 16.4. The fourth-order valence-corrected chi connectivity index (χ4v) is 4.02. The van der Waals surface area contributed by atoms with Gasteiger partial charge in [0.05, 0.1) is 25.6 Å². The van der Waals surface area contributed by atoms with Crippen LogP contribution in [0.4, 0.5) is 0 Å². The van der Waals surface area contributed by atoms with Crippen molar-refractivity contribution in [2.75, 3.05) is 14.2 Å². The van der Waals surface area contributed by atoms with Crippen molar-refractivity contribution in [3.8, 4) is 22.8 Å². The summed E-state index contributed by atoms with van der Waals surface area (Å²) in [5.41, 5.74) is 3.99. The van der Waals surface area contributed by atoms with Crippen molar-refractivity contribution in [1.82, 2.24) is 15.2 Å². The lowest BCUT2D eigenvalue weighted by Crippen LogP contribution is -1.90. The monoisotopic (exact) mass is 399 g/mol. The molecule has 0 atom stereocenters. The maximum atomic E-state index is 6.12. The van der Waals surface area contributed by atoms with Crippen molar-refractivity contribution in [2.24, 2.45) is 0 Å². The van der Waals surface area contributed by atoms with E-state index in [1.807, 2.05) is 42.6 Å². The van der Waals surface area contributed by atoms with Gasteiger partial charge in [-0.25, -0.2) is 0 Å². The van der Waals surface area contributed by atoms with Crippen molar-refractivity contribution < 1.29 is 9.47 Å². The Kier molecular flexibility index (Phi) is 5.01. The Hall–Kier alpha value is -2.57. The minimum Gasteiger partial charge on any atom is -0.493 e. The van der Waals surface area contributed by atoms with Crippen molar-refractivity contribution in [1.29, 1.82) is 0 Å². The summed E-state index contributed by atoms with van der Waals surface area (Å²) in [6.45, 7) is 0. The smallest absolute Gasteiger partial charge is 0.161 e. The predicted molar refractivity (Wildman–Crippen MR) is 110 cm³/mol. The maximum Gasteiger partial charge on any atom is 0.161 e. The summed E-state index contributed by atoms with van der Waals surface area (Å²) < 4.78 is 10.7. The van der Waals surface area contributed by atoms with E-state index in [-0.39, 0.29) is 0 Å². The molecule has 4 rings (SSSR count). The molecule has 7 heteroatoms. The SMILES string of the molecule is COc1ccc(-c2cc(CSc3c[nH]c4ccc(Cl)cc34)n[nH]2)cc1OC. The number of ether oxygens (including phenoxy) is 2. The molecule has 2 aromatic heterocycles. The molecule has 27 heavy (non-hydrogen) atoms. The number of nitrogens with zero attached hydrogens (tertiary/aromatic N) is 1. The molecule has 2 N–H and O–H groups in total. The average Bonchev–Trinajstić information content (AvgIpc) is 3.32. The van der Waals surface area contributed by atoms with Crippen LogP contribution in [-0.2, 0) is 5.75 Å². The average molecular weight is 400 g/mol. The van der Waals surface area contributed by atoms with Gasteiger partial charge >= 0.3 is 0 Å². The Morgan fingerprint density at radius 2 is 1.89 bits per heavy atom. The number of aromatic amines is 2. The molecule has 0 radical (unpaired) electrons. The van der Waals surface area contributed by atoms with Gasteiger partial charge in [0.15, 0.2) is 11.5 Å². The summed E-state index contributed by atoms with van der Waals surface area (Å²) in [5, 5.41) is 9.40. The zero-order chi connectivity index (χ0) is 18.8. The van der Waals surface area contributed by atoms with E-state index in [0.717, 1.165) is 43.5 Å². The summed E-state index contributed by atoms with van der Waals surface area (Å²) in [4.78, 5) is 4.43. The lowest BCUT2D eigenvalue weighted by molar-refractivity contribution is 0.355. The lowest BCUT2D eigenvalue weighted by Gasteiger charge is -2.08. The Bertz CT molecular complexity index is 1090. The van der Waals surface area contributed by atoms with Crippen LogP contribution in [0, 0.1) is 0 Å². The second kappa shape index (κ2) is 7.58. The first-order chi connectivity index (χ1) is 13.2. The third-order valence-electron chi connectivity index (χ3n) is 4.31. The number of hydrogen-bond acceptors (Lipinski definition) is 4. The molecular weight excluding hydrogens is 382 g/mol. The molecule has 0 bridgehead atoms. The minimum absolute atomic E-state index is 0.691. The van der Waals surface area contributed by atoms with Crippen LogP contribution >= 0.6 is 23.4 Å². The zero-order valence-electron chi connectivity index (χ0n) is 14.9. The highest BCUT2D eigenvalue weighted by Gasteiger charge is 2.10. The first kappa shape index (κ1) is 17.8. The Morgan fingerprint density at radius 3 is 2.70 bits per heavy atom. The molecular formula is C20H18ClN3O2S. The van der Waals surface area contributed by atoms with Crippen LogP contribution < -0.4 is 9.47 Å². The minimum atomic E-state index is 0.691. The number of fused-ring (bicyclic) bond motifs is 1. The third-order valence-corrected chi connectivity index (χ3v) is 5.63. The van der Waals surface area contributed by atoms with Gasteiger partial charge < -0.3 is 14.5 Å². The molecule has 4 aromatic rings. The molecule has 0 saturated carbocycles. The summed E-state index contributed by atoms with van der Waals surface area (Å²) in [6, 6.07) is 13.7. The van der Waals surface area contributed by atoms with E-state index in [0.29, 0.717) is 11.5 Å². The van der Waals surface area contributed by atoms with Gasteiger partial charge in [0.2, 0.25) is 0 Å². The number of hydrogen-bond donors (Lipinski definition) is 2. The van der Waals surface area contributed by atoms with Gasteiger partial charge in [-0.05, 0) is 42.5 Å². The number of halogens is 1. The van der Waals surface area contributed by atoms with Crippen molar-refractivity contribution in [3.63, 3.8) is 0 Å². The van der Waals surface area contributed by atoms with Crippen LogP contribution in [-0.4, -0.2) is 29.4 Å². The number of methoxy groups -OCH3 is 2. The number of aromatic nitrogens is 3. The summed E-state index contributed by atoms with van der Waals surface area (Å²) in [5.74, 6) is 2.15. The first-order valence-electron chi connectivity index (χ1n) is 8.34. The van der Waals surface area contributed by atoms with Gasteiger partial charge in [-0.1, -0.05) is 11.6 Å². The fourth-order valence-electron chi connectivity index (χ4n) is 2.93. The van der Waals surface area contributed by atoms with Gasteiger partial charge in [-0.15, -0.1) is 11.8 Å². The molecule has 138 valence electrons. The van der Waals surface area contributed by atoms with Gasteiger partial charge in [-0.3, -0.25) is 5.10 Å². The first-order valence-corrected chi connectivity index (χ1v) is 9.70. The fraction of sp³-hybridized carbons (Fsp3) is 0.150. The molecule has 0 unspecified atom stereocenters. The van der Waals surface area contributed by atoms with Gasteiger partial charge in [0.25, 0.3) is 0 Å². The Labute approximate surface area is 166 Å². The number of thioether (sulfide) groups is 1. The Balaban J connectivity index is 1.52. The Morgan fingerprint density at radius 1 is 1.04 bits per heavy atom. The van der Waals surface area contributed by atoms with Crippen molar-refractivity contribution >= 4 is 34.3 Å². The molecule has 0 saturated heterocycles. The predicted octanol–water partition coefficient (Wildman–Crippen LogP) is 5.52. The van der Waals surface area contributed by atoms with Crippen LogP contribution in [0.2, 0.25) is 5.02 Å². The highest BCUT2D eigenvalue weighted by Crippen LogP contribution is 2.34. The van der Waals surface area contributed by atoms with Gasteiger partial charge in [0, 0.05) is 38.3 Å². The summed E-state index contributed by atoms with van der Waals surface area (Å²) in [6.07, 6.45) is 2.01.